The standard InChI is InChI=1S/C53H31Cl4N5O2S4/c1-23(2)62-42-15-34-44(67(3,4)46-9-26(65-52(34)46)7-36-48(24(19-58)20-59)30-11-38(54)40(56)13-32(30)50(36)63)17-28(42)29-18-45-35(16-43(29)62)53-47(68(45,5)6)10-27(66-53)8-37-49(25(21-60)22-61)31-12-39(55)41(57)14-33(31)51(37)64/h7-18,23H,1-6H3/b36-7-,37-8-. The lowest BCUT2D eigenvalue weighted by Gasteiger charge is -2.28. The number of allylic oxidation sites excluding steroid dienone is 6. The maximum absolute atomic E-state index is 14.0. The minimum atomic E-state index is -1.53. The van der Waals surface area contributed by atoms with E-state index in [2.05, 4.69) is 79.8 Å². The van der Waals surface area contributed by atoms with E-state index in [0.29, 0.717) is 22.3 Å². The molecular formula is C53H31Cl4N5O2S4. The Labute approximate surface area is 422 Å². The van der Waals surface area contributed by atoms with Gasteiger partial charge >= 0.3 is 0 Å². The lowest BCUT2D eigenvalue weighted by atomic mass is 9.99. The van der Waals surface area contributed by atoms with Gasteiger partial charge in [-0.15, -0.1) is 22.7 Å². The summed E-state index contributed by atoms with van der Waals surface area (Å²) in [5.41, 5.74) is 6.72. The van der Waals surface area contributed by atoms with Gasteiger partial charge < -0.3 is 4.57 Å². The van der Waals surface area contributed by atoms with E-state index in [1.165, 1.54) is 42.5 Å². The van der Waals surface area contributed by atoms with Gasteiger partial charge in [-0.2, -0.15) is 41.1 Å². The summed E-state index contributed by atoms with van der Waals surface area (Å²) in [6, 6.07) is 27.9. The summed E-state index contributed by atoms with van der Waals surface area (Å²) >= 11 is 28.6. The number of carbonyl (C=O) groups is 2. The average molecular weight is 1040 g/mol. The summed E-state index contributed by atoms with van der Waals surface area (Å²) in [6.45, 7) is 4.39. The van der Waals surface area contributed by atoms with Crippen LogP contribution in [0, 0.1) is 45.3 Å². The lowest BCUT2D eigenvalue weighted by molar-refractivity contribution is 0.103. The second kappa shape index (κ2) is 15.4. The molecule has 0 amide bonds. The van der Waals surface area contributed by atoms with E-state index in [9.17, 15) is 30.6 Å². The zero-order valence-electron chi connectivity index (χ0n) is 36.7. The molecule has 2 aliphatic heterocycles. The van der Waals surface area contributed by atoms with E-state index < -0.39 is 20.1 Å². The Morgan fingerprint density at radius 1 is 0.529 bits per heavy atom. The van der Waals surface area contributed by atoms with Crippen molar-refractivity contribution in [1.82, 2.24) is 4.57 Å². The number of nitriles is 4. The zero-order chi connectivity index (χ0) is 48.2. The molecule has 5 heterocycles. The van der Waals surface area contributed by atoms with Crippen LogP contribution in [-0.4, -0.2) is 41.2 Å². The first kappa shape index (κ1) is 44.7. The Hall–Kier alpha value is -5.80. The summed E-state index contributed by atoms with van der Waals surface area (Å²) in [5.74, 6) is -0.634. The number of Topliss-reactive ketones (excluding diaryl/α,β-unsaturated/α-hetero) is 2. The van der Waals surface area contributed by atoms with Gasteiger partial charge in [-0.1, -0.05) is 46.4 Å². The molecule has 3 aromatic heterocycles. The van der Waals surface area contributed by atoms with Gasteiger partial charge in [-0.25, -0.2) is 0 Å². The molecule has 0 saturated carbocycles. The van der Waals surface area contributed by atoms with E-state index in [1.807, 2.05) is 24.3 Å². The van der Waals surface area contributed by atoms with Crippen molar-refractivity contribution >= 4 is 146 Å². The van der Waals surface area contributed by atoms with E-state index in [0.717, 1.165) is 41.7 Å². The highest BCUT2D eigenvalue weighted by atomic mass is 35.5. The van der Waals surface area contributed by atoms with Crippen molar-refractivity contribution in [3.05, 3.63) is 135 Å². The summed E-state index contributed by atoms with van der Waals surface area (Å²) in [5, 5.41) is 43.2. The Kier molecular flexibility index (Phi) is 10.1. The number of nitrogens with zero attached hydrogens (tertiary/aromatic N) is 5. The molecular weight excluding hydrogens is 1010 g/mol. The normalized spacial score (nSPS) is 17.7. The van der Waals surface area contributed by atoms with Gasteiger partial charge in [0.1, 0.15) is 35.4 Å². The molecule has 4 aromatic carbocycles. The summed E-state index contributed by atoms with van der Waals surface area (Å²) in [6.07, 6.45) is 12.8. The summed E-state index contributed by atoms with van der Waals surface area (Å²) in [4.78, 5) is 36.9. The fraction of sp³-hybridized carbons (Fsp3) is 0.132. The van der Waals surface area contributed by atoms with Crippen LogP contribution in [0.5, 0.6) is 0 Å². The third-order valence-electron chi connectivity index (χ3n) is 13.3. The third-order valence-corrected chi connectivity index (χ3v) is 23.0. The topological polar surface area (TPSA) is 134 Å². The van der Waals surface area contributed by atoms with Crippen LogP contribution >= 0.6 is 89.1 Å². The minimum absolute atomic E-state index is 0.106. The van der Waals surface area contributed by atoms with Gasteiger partial charge in [-0.3, -0.25) is 9.59 Å². The predicted octanol–water partition coefficient (Wildman–Crippen LogP) is 16.2. The smallest absolute Gasteiger partial charge is 0.194 e. The predicted molar refractivity (Wildman–Crippen MR) is 282 cm³/mol. The number of carbonyl (C=O) groups excluding carboxylic acids is 2. The summed E-state index contributed by atoms with van der Waals surface area (Å²) < 4.78 is 2.42. The van der Waals surface area contributed by atoms with Crippen LogP contribution in [-0.2, 0) is 0 Å². The molecule has 0 fully saturated rings. The molecule has 7 aromatic rings. The maximum Gasteiger partial charge on any atom is 0.194 e. The zero-order valence-corrected chi connectivity index (χ0v) is 43.0. The average Bonchev–Trinajstić information content (AvgIpc) is 4.15. The van der Waals surface area contributed by atoms with E-state index >= 15 is 0 Å². The highest BCUT2D eigenvalue weighted by Crippen LogP contribution is 2.72. The third kappa shape index (κ3) is 6.09. The highest BCUT2D eigenvalue weighted by Gasteiger charge is 2.40. The van der Waals surface area contributed by atoms with Crippen LogP contribution in [0.1, 0.15) is 61.5 Å². The largest absolute Gasteiger partial charge is 0.338 e. The fourth-order valence-corrected chi connectivity index (χ4v) is 19.4. The fourth-order valence-electron chi connectivity index (χ4n) is 10.2. The van der Waals surface area contributed by atoms with Crippen LogP contribution < -0.4 is 0 Å². The molecule has 0 atom stereocenters. The Balaban J connectivity index is 1.04. The lowest BCUT2D eigenvalue weighted by Crippen LogP contribution is -2.00. The molecule has 0 bridgehead atoms. The van der Waals surface area contributed by atoms with Crippen molar-refractivity contribution in [3.63, 3.8) is 0 Å². The number of hydrogen-bond donors (Lipinski definition) is 0. The minimum Gasteiger partial charge on any atom is -0.338 e. The molecule has 0 saturated heterocycles. The first-order valence-corrected chi connectivity index (χ1v) is 28.9. The SMILES string of the molecule is CC(C)n1c2cc3c(cc2c2cc4c(cc21)-c1sc(/C=C2\C(=O)c5cc(Cl)c(Cl)cc5C2=C(C#N)C#N)cc1S4(C)C)S(C)(C)c1cc(/C=C2\C(=O)c4cc(Cl)c(Cl)cc4C2=C(C#N)C#N)sc1-3. The summed E-state index contributed by atoms with van der Waals surface area (Å²) in [7, 11) is -3.06. The number of thiophene rings is 2. The van der Waals surface area contributed by atoms with E-state index in [-0.39, 0.29) is 71.1 Å². The highest BCUT2D eigenvalue weighted by molar-refractivity contribution is 8.33. The van der Waals surface area contributed by atoms with Crippen molar-refractivity contribution in [1.29, 1.82) is 21.0 Å². The number of fused-ring (bicyclic) bond motifs is 11. The number of ketones is 2. The van der Waals surface area contributed by atoms with Gasteiger partial charge in [0, 0.05) is 100 Å². The number of benzene rings is 4. The monoisotopic (exact) mass is 1040 g/mol. The number of aromatic nitrogens is 1. The molecule has 0 unspecified atom stereocenters. The molecule has 4 aliphatic rings. The van der Waals surface area contributed by atoms with Crippen molar-refractivity contribution in [3.8, 4) is 45.2 Å². The molecule has 11 rings (SSSR count). The second-order valence-corrected chi connectivity index (χ2v) is 28.7. The van der Waals surface area contributed by atoms with Crippen molar-refractivity contribution in [2.24, 2.45) is 0 Å². The van der Waals surface area contributed by atoms with Crippen LogP contribution in [0.3, 0.4) is 0 Å². The number of halogens is 4. The Bertz CT molecular complexity index is 3690. The maximum atomic E-state index is 14.0. The Morgan fingerprint density at radius 2 is 0.882 bits per heavy atom. The second-order valence-electron chi connectivity index (χ2n) is 17.9. The molecule has 2 aliphatic carbocycles. The van der Waals surface area contributed by atoms with Gasteiger partial charge in [0.25, 0.3) is 0 Å². The Morgan fingerprint density at radius 3 is 1.22 bits per heavy atom. The van der Waals surface area contributed by atoms with Crippen molar-refractivity contribution in [2.75, 3.05) is 25.0 Å². The van der Waals surface area contributed by atoms with Crippen LogP contribution in [0.2, 0.25) is 20.1 Å². The first-order chi connectivity index (χ1) is 32.3. The van der Waals surface area contributed by atoms with E-state index in [4.69, 9.17) is 46.4 Å². The molecule has 68 heavy (non-hydrogen) atoms. The van der Waals surface area contributed by atoms with Crippen LogP contribution in [0.25, 0.3) is 66.0 Å². The number of hydrogen-bond acceptors (Lipinski definition) is 8. The van der Waals surface area contributed by atoms with Gasteiger partial charge in [0.2, 0.25) is 0 Å². The first-order valence-electron chi connectivity index (χ1n) is 20.9. The van der Waals surface area contributed by atoms with Gasteiger partial charge in [0.05, 0.1) is 31.1 Å². The molecule has 15 heteroatoms. The molecule has 0 radical (unpaired) electrons. The van der Waals surface area contributed by atoms with Crippen LogP contribution in [0.15, 0.2) is 103 Å². The van der Waals surface area contributed by atoms with Crippen molar-refractivity contribution in [2.45, 2.75) is 39.5 Å². The molecule has 7 nitrogen and oxygen atoms in total. The molecule has 0 N–H and O–H groups in total. The van der Waals surface area contributed by atoms with Gasteiger partial charge in [-0.05, 0) is 123 Å². The molecule has 332 valence electrons. The molecule has 0 spiro atoms. The quantitative estimate of drug-likeness (QED) is 0.128. The van der Waals surface area contributed by atoms with Crippen molar-refractivity contribution < 1.29 is 9.59 Å². The van der Waals surface area contributed by atoms with Crippen LogP contribution in [0.4, 0.5) is 0 Å². The van der Waals surface area contributed by atoms with E-state index in [1.54, 1.807) is 47.0 Å². The number of rotatable bonds is 3. The van der Waals surface area contributed by atoms with Gasteiger partial charge in [0.15, 0.2) is 11.6 Å².